The summed E-state index contributed by atoms with van der Waals surface area (Å²) in [5.41, 5.74) is 6.38. The summed E-state index contributed by atoms with van der Waals surface area (Å²) in [4.78, 5) is 0.412. The molecule has 0 saturated carbocycles. The third-order valence-electron chi connectivity index (χ3n) is 2.22. The Balaban J connectivity index is 2.74. The van der Waals surface area contributed by atoms with Gasteiger partial charge in [-0.2, -0.15) is 10.5 Å². The largest absolute Gasteiger partial charge is 0.396 e. The van der Waals surface area contributed by atoms with Crippen molar-refractivity contribution in [2.75, 3.05) is 17.6 Å². The van der Waals surface area contributed by atoms with E-state index in [0.29, 0.717) is 21.1 Å². The first-order valence-electron chi connectivity index (χ1n) is 5.20. The van der Waals surface area contributed by atoms with Crippen LogP contribution < -0.4 is 11.1 Å². The van der Waals surface area contributed by atoms with Gasteiger partial charge in [0.15, 0.2) is 0 Å². The van der Waals surface area contributed by atoms with E-state index in [-0.39, 0.29) is 0 Å². The molecule has 0 aliphatic rings. The van der Waals surface area contributed by atoms with E-state index in [1.54, 1.807) is 0 Å². The molecule has 1 aromatic heterocycles. The van der Waals surface area contributed by atoms with Gasteiger partial charge in [-0.1, -0.05) is 19.8 Å². The van der Waals surface area contributed by atoms with Crippen molar-refractivity contribution in [1.29, 1.82) is 10.5 Å². The van der Waals surface area contributed by atoms with Gasteiger partial charge in [0.2, 0.25) is 0 Å². The Labute approximate surface area is 99.3 Å². The minimum Gasteiger partial charge on any atom is -0.396 e. The molecule has 0 atom stereocenters. The predicted molar refractivity (Wildman–Crippen MR) is 66.2 cm³/mol. The van der Waals surface area contributed by atoms with Crippen molar-refractivity contribution < 1.29 is 0 Å². The topological polar surface area (TPSA) is 85.6 Å². The highest BCUT2D eigenvalue weighted by molar-refractivity contribution is 7.17. The summed E-state index contributed by atoms with van der Waals surface area (Å²) in [7, 11) is 0. The molecule has 0 spiro atoms. The molecule has 4 nitrogen and oxygen atoms in total. The highest BCUT2D eigenvalue weighted by Gasteiger charge is 2.14. The molecule has 0 saturated heterocycles. The zero-order valence-corrected chi connectivity index (χ0v) is 10.0. The lowest BCUT2D eigenvalue weighted by Gasteiger charge is -2.02. The van der Waals surface area contributed by atoms with E-state index < -0.39 is 0 Å². The molecule has 1 heterocycles. The van der Waals surface area contributed by atoms with Crippen LogP contribution in [0.2, 0.25) is 0 Å². The summed E-state index contributed by atoms with van der Waals surface area (Å²) in [5.74, 6) is 0. The first kappa shape index (κ1) is 12.4. The summed E-state index contributed by atoms with van der Waals surface area (Å²) in [6, 6.07) is 4.03. The molecule has 3 N–H and O–H groups in total. The van der Waals surface area contributed by atoms with Crippen LogP contribution in [0.15, 0.2) is 0 Å². The van der Waals surface area contributed by atoms with E-state index >= 15 is 0 Å². The van der Waals surface area contributed by atoms with E-state index in [0.717, 1.165) is 25.8 Å². The Morgan fingerprint density at radius 1 is 1.31 bits per heavy atom. The fraction of sp³-hybridized carbons (Fsp3) is 0.455. The Morgan fingerprint density at radius 2 is 2.06 bits per heavy atom. The van der Waals surface area contributed by atoms with Crippen LogP contribution in [0.25, 0.3) is 0 Å². The number of nitrogen functional groups attached to an aromatic ring is 1. The molecule has 0 bridgehead atoms. The summed E-state index contributed by atoms with van der Waals surface area (Å²) in [6.45, 7) is 2.95. The van der Waals surface area contributed by atoms with Gasteiger partial charge in [-0.25, -0.2) is 0 Å². The molecule has 5 heteroatoms. The monoisotopic (exact) mass is 234 g/mol. The smallest absolute Gasteiger partial charge is 0.131 e. The van der Waals surface area contributed by atoms with Crippen LogP contribution in [-0.4, -0.2) is 6.54 Å². The molecule has 0 radical (unpaired) electrons. The maximum absolute atomic E-state index is 8.94. The number of nitrogens with one attached hydrogen (secondary N) is 1. The number of nitriles is 2. The normalized spacial score (nSPS) is 9.44. The SMILES string of the molecule is CCCCCNc1sc(C#N)c(N)c1C#N. The third-order valence-corrected chi connectivity index (χ3v) is 3.29. The molecule has 84 valence electrons. The van der Waals surface area contributed by atoms with Crippen molar-refractivity contribution in [3.05, 3.63) is 10.4 Å². The lowest BCUT2D eigenvalue weighted by atomic mass is 10.2. The Bertz CT molecular complexity index is 436. The zero-order valence-electron chi connectivity index (χ0n) is 9.21. The lowest BCUT2D eigenvalue weighted by Crippen LogP contribution is -2.01. The van der Waals surface area contributed by atoms with Crippen LogP contribution in [-0.2, 0) is 0 Å². The Kier molecular flexibility index (Phi) is 4.63. The summed E-state index contributed by atoms with van der Waals surface area (Å²) in [5, 5.41) is 21.6. The number of hydrogen-bond donors (Lipinski definition) is 2. The molecule has 0 fully saturated rings. The van der Waals surface area contributed by atoms with Gasteiger partial charge in [-0.15, -0.1) is 11.3 Å². The third kappa shape index (κ3) is 2.65. The summed E-state index contributed by atoms with van der Waals surface area (Å²) < 4.78 is 0. The van der Waals surface area contributed by atoms with Crippen LogP contribution in [0, 0.1) is 22.7 Å². The van der Waals surface area contributed by atoms with Gasteiger partial charge in [0, 0.05) is 6.54 Å². The average molecular weight is 234 g/mol. The number of thiophene rings is 1. The highest BCUT2D eigenvalue weighted by atomic mass is 32.1. The van der Waals surface area contributed by atoms with Crippen molar-refractivity contribution in [3.8, 4) is 12.1 Å². The molecule has 0 aliphatic heterocycles. The highest BCUT2D eigenvalue weighted by Crippen LogP contribution is 2.34. The van der Waals surface area contributed by atoms with Crippen molar-refractivity contribution in [1.82, 2.24) is 0 Å². The Hall–Kier alpha value is -1.72. The van der Waals surface area contributed by atoms with E-state index in [2.05, 4.69) is 12.2 Å². The standard InChI is InChI=1S/C11H14N4S/c1-2-3-4-5-15-11-8(6-12)10(14)9(7-13)16-11/h15H,2-5,14H2,1H3. The van der Waals surface area contributed by atoms with Crippen molar-refractivity contribution in [3.63, 3.8) is 0 Å². The average Bonchev–Trinajstić information content (AvgIpc) is 2.60. The van der Waals surface area contributed by atoms with Gasteiger partial charge in [0.1, 0.15) is 27.6 Å². The lowest BCUT2D eigenvalue weighted by molar-refractivity contribution is 0.744. The number of rotatable bonds is 5. The first-order valence-corrected chi connectivity index (χ1v) is 6.02. The number of unbranched alkanes of at least 4 members (excludes halogenated alkanes) is 2. The summed E-state index contributed by atoms with van der Waals surface area (Å²) >= 11 is 1.25. The number of nitrogens with zero attached hydrogens (tertiary/aromatic N) is 2. The second-order valence-electron chi connectivity index (χ2n) is 3.41. The van der Waals surface area contributed by atoms with E-state index in [1.807, 2.05) is 12.1 Å². The van der Waals surface area contributed by atoms with Crippen LogP contribution >= 0.6 is 11.3 Å². The maximum atomic E-state index is 8.94. The number of anilines is 2. The Morgan fingerprint density at radius 3 is 2.62 bits per heavy atom. The molecule has 16 heavy (non-hydrogen) atoms. The second kappa shape index (κ2) is 5.99. The molecule has 0 aromatic carbocycles. The van der Waals surface area contributed by atoms with E-state index in [1.165, 1.54) is 11.3 Å². The maximum Gasteiger partial charge on any atom is 0.131 e. The van der Waals surface area contributed by atoms with Crippen molar-refractivity contribution >= 4 is 22.0 Å². The fourth-order valence-corrected chi connectivity index (χ4v) is 2.23. The summed E-state index contributed by atoms with van der Waals surface area (Å²) in [6.07, 6.45) is 3.37. The molecule has 1 aromatic rings. The van der Waals surface area contributed by atoms with E-state index in [9.17, 15) is 0 Å². The van der Waals surface area contributed by atoms with Gasteiger partial charge in [-0.3, -0.25) is 0 Å². The van der Waals surface area contributed by atoms with Gasteiger partial charge >= 0.3 is 0 Å². The quantitative estimate of drug-likeness (QED) is 0.767. The molecule has 1 rings (SSSR count). The fourth-order valence-electron chi connectivity index (χ4n) is 1.34. The predicted octanol–water partition coefficient (Wildman–Crippen LogP) is 2.68. The molecule has 0 unspecified atom stereocenters. The molecule has 0 aliphatic carbocycles. The number of hydrogen-bond acceptors (Lipinski definition) is 5. The molecular weight excluding hydrogens is 220 g/mol. The van der Waals surface area contributed by atoms with Crippen LogP contribution in [0.3, 0.4) is 0 Å². The van der Waals surface area contributed by atoms with Gasteiger partial charge < -0.3 is 11.1 Å². The van der Waals surface area contributed by atoms with E-state index in [4.69, 9.17) is 16.3 Å². The van der Waals surface area contributed by atoms with Gasteiger partial charge in [-0.05, 0) is 6.42 Å². The molecule has 0 amide bonds. The minimum atomic E-state index is 0.299. The van der Waals surface area contributed by atoms with Crippen LogP contribution in [0.5, 0.6) is 0 Å². The minimum absolute atomic E-state index is 0.299. The molecular formula is C11H14N4S. The van der Waals surface area contributed by atoms with Crippen molar-refractivity contribution in [2.45, 2.75) is 26.2 Å². The number of nitrogens with two attached hydrogens (primary N) is 1. The van der Waals surface area contributed by atoms with Gasteiger partial charge in [0.05, 0.1) is 5.69 Å². The van der Waals surface area contributed by atoms with Gasteiger partial charge in [0.25, 0.3) is 0 Å². The van der Waals surface area contributed by atoms with Crippen LogP contribution in [0.1, 0.15) is 36.6 Å². The second-order valence-corrected chi connectivity index (χ2v) is 4.43. The first-order chi connectivity index (χ1) is 7.74. The van der Waals surface area contributed by atoms with Crippen LogP contribution in [0.4, 0.5) is 10.7 Å². The van der Waals surface area contributed by atoms with Crippen molar-refractivity contribution in [2.24, 2.45) is 0 Å². The zero-order chi connectivity index (χ0) is 12.0.